The van der Waals surface area contributed by atoms with E-state index in [9.17, 15) is 4.79 Å². The molecule has 4 nitrogen and oxygen atoms in total. The molecule has 0 fully saturated rings. The number of hydrogen-bond acceptors (Lipinski definition) is 3. The topological polar surface area (TPSA) is 45.2 Å². The summed E-state index contributed by atoms with van der Waals surface area (Å²) in [4.78, 5) is 19.2. The third kappa shape index (κ3) is 6.18. The van der Waals surface area contributed by atoms with Crippen molar-refractivity contribution in [3.63, 3.8) is 0 Å². The van der Waals surface area contributed by atoms with Crippen molar-refractivity contribution >= 4 is 28.2 Å². The Hall–Kier alpha value is -3.14. The summed E-state index contributed by atoms with van der Waals surface area (Å²) in [6.45, 7) is 3.19. The highest BCUT2D eigenvalue weighted by atomic mass is 16.1. The second-order valence-electron chi connectivity index (χ2n) is 7.57. The van der Waals surface area contributed by atoms with Crippen molar-refractivity contribution in [1.82, 2.24) is 4.98 Å². The van der Waals surface area contributed by atoms with Crippen LogP contribution in [0.5, 0.6) is 0 Å². The van der Waals surface area contributed by atoms with E-state index in [1.54, 1.807) is 6.20 Å². The average Bonchev–Trinajstić information content (AvgIpc) is 2.78. The first-order valence-electron chi connectivity index (χ1n) is 10.8. The fourth-order valence-corrected chi connectivity index (χ4v) is 3.41. The van der Waals surface area contributed by atoms with Crippen molar-refractivity contribution in [1.29, 1.82) is 0 Å². The molecule has 3 rings (SSSR count). The van der Waals surface area contributed by atoms with Crippen molar-refractivity contribution in [2.45, 2.75) is 39.0 Å². The van der Waals surface area contributed by atoms with Gasteiger partial charge in [-0.3, -0.25) is 9.78 Å². The smallest absolute Gasteiger partial charge is 0.255 e. The molecule has 0 atom stereocenters. The normalized spacial score (nSPS) is 11.1. The van der Waals surface area contributed by atoms with Gasteiger partial charge in [-0.2, -0.15) is 0 Å². The number of amides is 1. The Bertz CT molecular complexity index is 979. The first-order valence-corrected chi connectivity index (χ1v) is 10.8. The maximum Gasteiger partial charge on any atom is 0.255 e. The quantitative estimate of drug-likeness (QED) is 0.314. The van der Waals surface area contributed by atoms with Crippen molar-refractivity contribution in [2.75, 3.05) is 23.8 Å². The molecule has 1 aromatic heterocycles. The number of rotatable bonds is 10. The molecule has 30 heavy (non-hydrogen) atoms. The van der Waals surface area contributed by atoms with Crippen LogP contribution in [0, 0.1) is 0 Å². The van der Waals surface area contributed by atoms with Crippen LogP contribution in [-0.4, -0.2) is 24.5 Å². The molecule has 0 saturated heterocycles. The number of fused-ring (bicyclic) bond motifs is 1. The van der Waals surface area contributed by atoms with Crippen molar-refractivity contribution in [2.24, 2.45) is 0 Å². The summed E-state index contributed by atoms with van der Waals surface area (Å²) in [6, 6.07) is 17.6. The third-order valence-electron chi connectivity index (χ3n) is 5.19. The number of aromatic nitrogens is 1. The van der Waals surface area contributed by atoms with E-state index in [0.29, 0.717) is 11.3 Å². The van der Waals surface area contributed by atoms with Gasteiger partial charge in [-0.25, -0.2) is 0 Å². The molecule has 3 aromatic rings. The second kappa shape index (κ2) is 11.1. The molecule has 2 aromatic carbocycles. The lowest BCUT2D eigenvalue weighted by molar-refractivity contribution is 0.102. The predicted molar refractivity (Wildman–Crippen MR) is 127 cm³/mol. The number of para-hydroxylation sites is 1. The minimum absolute atomic E-state index is 0.124. The number of hydrogen-bond donors (Lipinski definition) is 1. The number of pyridine rings is 1. The molecule has 0 bridgehead atoms. The van der Waals surface area contributed by atoms with E-state index in [-0.39, 0.29) is 5.91 Å². The predicted octanol–water partition coefficient (Wildman–Crippen LogP) is 6.45. The first kappa shape index (κ1) is 21.6. The van der Waals surface area contributed by atoms with Crippen molar-refractivity contribution in [3.8, 4) is 0 Å². The summed E-state index contributed by atoms with van der Waals surface area (Å²) in [5, 5.41) is 3.95. The number of allylic oxidation sites excluding steroid dienone is 2. The monoisotopic (exact) mass is 401 g/mol. The van der Waals surface area contributed by atoms with Crippen LogP contribution < -0.4 is 10.2 Å². The molecule has 1 amide bonds. The maximum atomic E-state index is 12.6. The number of nitrogens with one attached hydrogen (secondary N) is 1. The number of nitrogens with zero attached hydrogens (tertiary/aromatic N) is 2. The lowest BCUT2D eigenvalue weighted by Crippen LogP contribution is -2.18. The van der Waals surface area contributed by atoms with Gasteiger partial charge in [-0.15, -0.1) is 0 Å². The second-order valence-corrected chi connectivity index (χ2v) is 7.57. The Labute approximate surface area is 179 Å². The van der Waals surface area contributed by atoms with E-state index in [4.69, 9.17) is 0 Å². The van der Waals surface area contributed by atoms with Crippen molar-refractivity contribution < 1.29 is 4.79 Å². The molecular formula is C26H31N3O. The van der Waals surface area contributed by atoms with Gasteiger partial charge < -0.3 is 10.2 Å². The van der Waals surface area contributed by atoms with E-state index in [1.807, 2.05) is 54.6 Å². The third-order valence-corrected chi connectivity index (χ3v) is 5.19. The molecule has 0 aliphatic carbocycles. The summed E-state index contributed by atoms with van der Waals surface area (Å²) in [6.07, 6.45) is 12.2. The minimum atomic E-state index is -0.124. The molecule has 0 radical (unpaired) electrons. The molecule has 4 heteroatoms. The van der Waals surface area contributed by atoms with Crippen LogP contribution >= 0.6 is 0 Å². The summed E-state index contributed by atoms with van der Waals surface area (Å²) in [5.41, 5.74) is 3.39. The molecule has 0 spiro atoms. The molecule has 0 aliphatic rings. The van der Waals surface area contributed by atoms with Crippen LogP contribution in [0.4, 0.5) is 11.4 Å². The molecule has 0 saturated carbocycles. The molecule has 1 N–H and O–H groups in total. The Morgan fingerprint density at radius 3 is 2.63 bits per heavy atom. The SMILES string of the molecule is CC/C=C/CCCCCN(C)c1ccc(C(=O)Nc2cnc3ccccc3c2)cc1. The highest BCUT2D eigenvalue weighted by Crippen LogP contribution is 2.19. The zero-order chi connectivity index (χ0) is 21.2. The van der Waals surface area contributed by atoms with E-state index in [1.165, 1.54) is 25.7 Å². The van der Waals surface area contributed by atoms with Gasteiger partial charge in [-0.05, 0) is 62.1 Å². The Kier molecular flexibility index (Phi) is 8.02. The summed E-state index contributed by atoms with van der Waals surface area (Å²) in [5.74, 6) is -0.124. The molecular weight excluding hydrogens is 370 g/mol. The van der Waals surface area contributed by atoms with Crippen LogP contribution in [0.25, 0.3) is 10.9 Å². The number of carbonyl (C=O) groups excluding carboxylic acids is 1. The summed E-state index contributed by atoms with van der Waals surface area (Å²) < 4.78 is 0. The minimum Gasteiger partial charge on any atom is -0.375 e. The zero-order valence-electron chi connectivity index (χ0n) is 18.0. The van der Waals surface area contributed by atoms with Gasteiger partial charge >= 0.3 is 0 Å². The Morgan fingerprint density at radius 2 is 1.83 bits per heavy atom. The molecule has 0 unspecified atom stereocenters. The van der Waals surface area contributed by atoms with Crippen LogP contribution in [0.3, 0.4) is 0 Å². The molecule has 156 valence electrons. The number of carbonyl (C=O) groups is 1. The number of anilines is 2. The van der Waals surface area contributed by atoms with Gasteiger partial charge in [0.25, 0.3) is 5.91 Å². The molecule has 0 aliphatic heterocycles. The standard InChI is InChI=1S/C26H31N3O/c1-3-4-5-6-7-8-11-18-29(2)24-16-14-21(15-17-24)26(30)28-23-19-22-12-9-10-13-25(22)27-20-23/h4-5,9-10,12-17,19-20H,3,6-8,11,18H2,1-2H3,(H,28,30)/b5-4+. The van der Waals surface area contributed by atoms with Gasteiger partial charge in [0.2, 0.25) is 0 Å². The van der Waals surface area contributed by atoms with Crippen LogP contribution in [0.2, 0.25) is 0 Å². The van der Waals surface area contributed by atoms with E-state index in [2.05, 4.69) is 41.3 Å². The lowest BCUT2D eigenvalue weighted by Gasteiger charge is -2.19. The summed E-state index contributed by atoms with van der Waals surface area (Å²) >= 11 is 0. The largest absolute Gasteiger partial charge is 0.375 e. The number of benzene rings is 2. The van der Waals surface area contributed by atoms with Crippen LogP contribution in [-0.2, 0) is 0 Å². The van der Waals surface area contributed by atoms with Gasteiger partial charge in [0.1, 0.15) is 0 Å². The molecule has 1 heterocycles. The fourth-order valence-electron chi connectivity index (χ4n) is 3.41. The van der Waals surface area contributed by atoms with Crippen LogP contribution in [0.15, 0.2) is 72.9 Å². The van der Waals surface area contributed by atoms with Crippen molar-refractivity contribution in [3.05, 3.63) is 78.5 Å². The maximum absolute atomic E-state index is 12.6. The van der Waals surface area contributed by atoms with E-state index < -0.39 is 0 Å². The lowest BCUT2D eigenvalue weighted by atomic mass is 10.1. The average molecular weight is 402 g/mol. The summed E-state index contributed by atoms with van der Waals surface area (Å²) in [7, 11) is 2.10. The van der Waals surface area contributed by atoms with E-state index in [0.717, 1.165) is 29.6 Å². The Balaban J connectivity index is 1.50. The van der Waals surface area contributed by atoms with Gasteiger partial charge in [0, 0.05) is 30.2 Å². The van der Waals surface area contributed by atoms with Crippen LogP contribution in [0.1, 0.15) is 49.4 Å². The Morgan fingerprint density at radius 1 is 1.03 bits per heavy atom. The van der Waals surface area contributed by atoms with E-state index >= 15 is 0 Å². The number of unbranched alkanes of at least 4 members (excludes halogenated alkanes) is 3. The highest BCUT2D eigenvalue weighted by molar-refractivity contribution is 6.05. The van der Waals surface area contributed by atoms with Gasteiger partial charge in [-0.1, -0.05) is 43.7 Å². The van der Waals surface area contributed by atoms with Gasteiger partial charge in [0.05, 0.1) is 17.4 Å². The first-order chi connectivity index (χ1) is 14.7. The van der Waals surface area contributed by atoms with Gasteiger partial charge in [0.15, 0.2) is 0 Å². The zero-order valence-corrected chi connectivity index (χ0v) is 18.0. The fraction of sp³-hybridized carbons (Fsp3) is 0.308. The highest BCUT2D eigenvalue weighted by Gasteiger charge is 2.08.